The molecule has 1 heterocycles. The molecule has 1 rings (SSSR count). The van der Waals surface area contributed by atoms with Crippen molar-refractivity contribution in [2.75, 3.05) is 13.7 Å². The van der Waals surface area contributed by atoms with Gasteiger partial charge in [-0.15, -0.1) is 0 Å². The topological polar surface area (TPSA) is 44.8 Å². The largest absolute Gasteiger partial charge is 0.467 e. The van der Waals surface area contributed by atoms with Crippen molar-refractivity contribution in [3.8, 4) is 0 Å². The monoisotopic (exact) mass is 278 g/mol. The number of methoxy groups -OCH3 is 1. The minimum atomic E-state index is -2.14. The number of carbonyl (C=O) groups excluding carboxylic acids is 1. The van der Waals surface area contributed by atoms with E-state index in [0.29, 0.717) is 0 Å². The van der Waals surface area contributed by atoms with Gasteiger partial charge in [0, 0.05) is 0 Å². The molecule has 0 radical (unpaired) electrons. The molecule has 1 fully saturated rings. The summed E-state index contributed by atoms with van der Waals surface area (Å²) < 4.78 is 29.5. The van der Waals surface area contributed by atoms with Crippen LogP contribution < -0.4 is 0 Å². The average molecular weight is 278 g/mol. The fourth-order valence-corrected chi connectivity index (χ4v) is 2.85. The minimum absolute atomic E-state index is 0.0457. The van der Waals surface area contributed by atoms with Gasteiger partial charge in [-0.05, 0) is 18.1 Å². The molecular weight excluding hydrogens is 255 g/mol. The van der Waals surface area contributed by atoms with E-state index in [4.69, 9.17) is 9.16 Å². The van der Waals surface area contributed by atoms with Gasteiger partial charge < -0.3 is 13.9 Å². The Morgan fingerprint density at radius 2 is 1.94 bits per heavy atom. The Morgan fingerprint density at radius 3 is 2.39 bits per heavy atom. The number of esters is 1. The SMILES string of the molecule is COC(=O)[C@@H]1OC[C@H](F)C1O[Si](C)(C)C(C)(C)C. The summed E-state index contributed by atoms with van der Waals surface area (Å²) >= 11 is 0. The molecule has 0 N–H and O–H groups in total. The van der Waals surface area contributed by atoms with E-state index < -0.39 is 32.7 Å². The Hall–Kier alpha value is -0.463. The second-order valence-electron chi connectivity index (χ2n) is 6.14. The van der Waals surface area contributed by atoms with Crippen molar-refractivity contribution in [2.45, 2.75) is 57.3 Å². The summed E-state index contributed by atoms with van der Waals surface area (Å²) in [6.07, 6.45) is -3.07. The van der Waals surface area contributed by atoms with Gasteiger partial charge in [-0.1, -0.05) is 20.8 Å². The normalized spacial score (nSPS) is 29.4. The lowest BCUT2D eigenvalue weighted by atomic mass is 10.2. The molecule has 0 amide bonds. The Labute approximate surface area is 109 Å². The highest BCUT2D eigenvalue weighted by atomic mass is 28.4. The van der Waals surface area contributed by atoms with Gasteiger partial charge in [0.25, 0.3) is 0 Å². The third-order valence-electron chi connectivity index (χ3n) is 3.76. The van der Waals surface area contributed by atoms with Crippen molar-refractivity contribution in [1.82, 2.24) is 0 Å². The third kappa shape index (κ3) is 3.10. The molecule has 6 heteroatoms. The number of halogens is 1. The number of ether oxygens (including phenoxy) is 2. The highest BCUT2D eigenvalue weighted by molar-refractivity contribution is 6.74. The zero-order valence-corrected chi connectivity index (χ0v) is 13.0. The van der Waals surface area contributed by atoms with Gasteiger partial charge in [0.1, 0.15) is 6.10 Å². The molecule has 3 atom stereocenters. The first kappa shape index (κ1) is 15.6. The van der Waals surface area contributed by atoms with Crippen LogP contribution >= 0.6 is 0 Å². The second kappa shape index (κ2) is 5.26. The van der Waals surface area contributed by atoms with Crippen molar-refractivity contribution in [3.05, 3.63) is 0 Å². The quantitative estimate of drug-likeness (QED) is 0.587. The lowest BCUT2D eigenvalue weighted by Gasteiger charge is -2.39. The number of hydrogen-bond donors (Lipinski definition) is 0. The predicted molar refractivity (Wildman–Crippen MR) is 68.7 cm³/mol. The molecule has 4 nitrogen and oxygen atoms in total. The standard InChI is InChI=1S/C12H23FO4Si/c1-12(2,3)18(5,6)17-9-8(13)7-16-10(9)11(14)15-4/h8-10H,7H2,1-6H3/t8-,9?,10+/m0/s1. The molecule has 0 aliphatic carbocycles. The summed E-state index contributed by atoms with van der Waals surface area (Å²) in [5, 5.41) is -0.0457. The first-order chi connectivity index (χ1) is 8.10. The molecule has 0 bridgehead atoms. The van der Waals surface area contributed by atoms with Crippen LogP contribution in [-0.2, 0) is 18.7 Å². The molecule has 1 aliphatic rings. The lowest BCUT2D eigenvalue weighted by Crippen LogP contribution is -2.49. The van der Waals surface area contributed by atoms with Gasteiger partial charge in [-0.2, -0.15) is 0 Å². The summed E-state index contributed by atoms with van der Waals surface area (Å²) in [5.74, 6) is -0.571. The second-order valence-corrected chi connectivity index (χ2v) is 10.9. The molecule has 18 heavy (non-hydrogen) atoms. The Morgan fingerprint density at radius 1 is 1.39 bits per heavy atom. The molecule has 0 aromatic heterocycles. The van der Waals surface area contributed by atoms with E-state index in [-0.39, 0.29) is 11.6 Å². The van der Waals surface area contributed by atoms with Crippen LogP contribution in [0.1, 0.15) is 20.8 Å². The molecule has 0 saturated carbocycles. The zero-order chi connectivity index (χ0) is 14.1. The molecule has 0 aromatic carbocycles. The van der Waals surface area contributed by atoms with Crippen molar-refractivity contribution < 1.29 is 23.1 Å². The number of carbonyl (C=O) groups is 1. The van der Waals surface area contributed by atoms with Crippen LogP contribution in [-0.4, -0.2) is 46.4 Å². The van der Waals surface area contributed by atoms with Crippen LogP contribution in [0.25, 0.3) is 0 Å². The summed E-state index contributed by atoms with van der Waals surface area (Å²) in [5.41, 5.74) is 0. The van der Waals surface area contributed by atoms with Crippen molar-refractivity contribution in [2.24, 2.45) is 0 Å². The highest BCUT2D eigenvalue weighted by Crippen LogP contribution is 2.39. The molecule has 0 aromatic rings. The number of alkyl halides is 1. The fraction of sp³-hybridized carbons (Fsp3) is 0.917. The maximum absolute atomic E-state index is 13.8. The Kier molecular flexibility index (Phi) is 4.56. The lowest BCUT2D eigenvalue weighted by molar-refractivity contribution is -0.154. The molecule has 1 aliphatic heterocycles. The van der Waals surface area contributed by atoms with E-state index in [0.717, 1.165) is 0 Å². The van der Waals surface area contributed by atoms with Gasteiger partial charge in [0.15, 0.2) is 20.6 Å². The van der Waals surface area contributed by atoms with E-state index >= 15 is 0 Å². The van der Waals surface area contributed by atoms with Gasteiger partial charge in [-0.25, -0.2) is 9.18 Å². The van der Waals surface area contributed by atoms with E-state index in [1.54, 1.807) is 0 Å². The summed E-state index contributed by atoms with van der Waals surface area (Å²) in [4.78, 5) is 11.5. The van der Waals surface area contributed by atoms with E-state index in [1.807, 2.05) is 13.1 Å². The molecule has 1 unspecified atom stereocenters. The van der Waals surface area contributed by atoms with Crippen LogP contribution in [0.15, 0.2) is 0 Å². The third-order valence-corrected chi connectivity index (χ3v) is 8.23. The van der Waals surface area contributed by atoms with Crippen LogP contribution in [0, 0.1) is 0 Å². The maximum atomic E-state index is 13.8. The van der Waals surface area contributed by atoms with Gasteiger partial charge >= 0.3 is 5.97 Å². The van der Waals surface area contributed by atoms with Crippen LogP contribution in [0.4, 0.5) is 4.39 Å². The van der Waals surface area contributed by atoms with Crippen molar-refractivity contribution in [3.63, 3.8) is 0 Å². The Balaban J connectivity index is 2.83. The van der Waals surface area contributed by atoms with Crippen molar-refractivity contribution in [1.29, 1.82) is 0 Å². The zero-order valence-electron chi connectivity index (χ0n) is 12.0. The summed E-state index contributed by atoms with van der Waals surface area (Å²) in [6, 6.07) is 0. The summed E-state index contributed by atoms with van der Waals surface area (Å²) in [6.45, 7) is 10.1. The van der Waals surface area contributed by atoms with Crippen LogP contribution in [0.5, 0.6) is 0 Å². The van der Waals surface area contributed by atoms with E-state index in [2.05, 4.69) is 25.5 Å². The number of hydrogen-bond acceptors (Lipinski definition) is 4. The van der Waals surface area contributed by atoms with E-state index in [9.17, 15) is 9.18 Å². The minimum Gasteiger partial charge on any atom is -0.467 e. The van der Waals surface area contributed by atoms with Crippen LogP contribution in [0.2, 0.25) is 18.1 Å². The van der Waals surface area contributed by atoms with Crippen molar-refractivity contribution >= 4 is 14.3 Å². The molecule has 0 spiro atoms. The summed E-state index contributed by atoms with van der Waals surface area (Å²) in [7, 11) is -0.875. The first-order valence-electron chi connectivity index (χ1n) is 6.11. The average Bonchev–Trinajstić information content (AvgIpc) is 2.57. The Bertz CT molecular complexity index is 314. The molecule has 106 valence electrons. The first-order valence-corrected chi connectivity index (χ1v) is 9.02. The van der Waals surface area contributed by atoms with Gasteiger partial charge in [0.2, 0.25) is 0 Å². The predicted octanol–water partition coefficient (Wildman–Crippen LogP) is 2.29. The maximum Gasteiger partial charge on any atom is 0.337 e. The smallest absolute Gasteiger partial charge is 0.337 e. The van der Waals surface area contributed by atoms with Gasteiger partial charge in [0.05, 0.1) is 13.7 Å². The fourth-order valence-electron chi connectivity index (χ4n) is 1.55. The molecular formula is C12H23FO4Si. The number of rotatable bonds is 3. The van der Waals surface area contributed by atoms with Gasteiger partial charge in [-0.3, -0.25) is 0 Å². The highest BCUT2D eigenvalue weighted by Gasteiger charge is 2.49. The van der Waals surface area contributed by atoms with Crippen LogP contribution in [0.3, 0.4) is 0 Å². The van der Waals surface area contributed by atoms with E-state index in [1.165, 1.54) is 7.11 Å². The molecule has 1 saturated heterocycles.